The van der Waals surface area contributed by atoms with Gasteiger partial charge >= 0.3 is 5.97 Å². The SMILES string of the molecule is COCCC(C(=O)O)c1cccc(F)c1. The van der Waals surface area contributed by atoms with Crippen molar-refractivity contribution < 1.29 is 19.0 Å². The van der Waals surface area contributed by atoms with Gasteiger partial charge in [-0.3, -0.25) is 4.79 Å². The molecule has 0 heterocycles. The smallest absolute Gasteiger partial charge is 0.311 e. The summed E-state index contributed by atoms with van der Waals surface area (Å²) in [5, 5.41) is 8.97. The average molecular weight is 212 g/mol. The van der Waals surface area contributed by atoms with Crippen LogP contribution in [0.3, 0.4) is 0 Å². The molecule has 0 aliphatic heterocycles. The van der Waals surface area contributed by atoms with Crippen LogP contribution in [0.2, 0.25) is 0 Å². The largest absolute Gasteiger partial charge is 0.481 e. The number of hydrogen-bond acceptors (Lipinski definition) is 2. The number of benzene rings is 1. The zero-order valence-electron chi connectivity index (χ0n) is 8.44. The summed E-state index contributed by atoms with van der Waals surface area (Å²) >= 11 is 0. The normalized spacial score (nSPS) is 12.4. The Morgan fingerprint density at radius 3 is 2.87 bits per heavy atom. The van der Waals surface area contributed by atoms with Gasteiger partial charge in [-0.1, -0.05) is 12.1 Å². The predicted molar refractivity (Wildman–Crippen MR) is 53.3 cm³/mol. The summed E-state index contributed by atoms with van der Waals surface area (Å²) in [5.74, 6) is -2.09. The lowest BCUT2D eigenvalue weighted by molar-refractivity contribution is -0.139. The third-order valence-corrected chi connectivity index (χ3v) is 2.16. The van der Waals surface area contributed by atoms with E-state index >= 15 is 0 Å². The van der Waals surface area contributed by atoms with Gasteiger partial charge in [0.1, 0.15) is 5.82 Å². The van der Waals surface area contributed by atoms with Crippen molar-refractivity contribution in [3.8, 4) is 0 Å². The topological polar surface area (TPSA) is 46.5 Å². The number of carboxylic acids is 1. The fraction of sp³-hybridized carbons (Fsp3) is 0.364. The molecule has 1 aromatic rings. The highest BCUT2D eigenvalue weighted by Crippen LogP contribution is 2.20. The molecule has 1 N–H and O–H groups in total. The van der Waals surface area contributed by atoms with Crippen molar-refractivity contribution in [3.05, 3.63) is 35.6 Å². The van der Waals surface area contributed by atoms with E-state index in [1.165, 1.54) is 25.3 Å². The fourth-order valence-corrected chi connectivity index (χ4v) is 1.39. The van der Waals surface area contributed by atoms with Gasteiger partial charge in [-0.25, -0.2) is 4.39 Å². The van der Waals surface area contributed by atoms with E-state index < -0.39 is 17.7 Å². The molecule has 4 heteroatoms. The Hall–Kier alpha value is -1.42. The lowest BCUT2D eigenvalue weighted by Gasteiger charge is -2.11. The molecule has 0 fully saturated rings. The minimum Gasteiger partial charge on any atom is -0.481 e. The van der Waals surface area contributed by atoms with Gasteiger partial charge in [0.05, 0.1) is 5.92 Å². The lowest BCUT2D eigenvalue weighted by Crippen LogP contribution is -2.13. The van der Waals surface area contributed by atoms with Crippen molar-refractivity contribution in [2.45, 2.75) is 12.3 Å². The first-order valence-electron chi connectivity index (χ1n) is 4.62. The molecule has 0 aliphatic rings. The van der Waals surface area contributed by atoms with Crippen molar-refractivity contribution in [2.75, 3.05) is 13.7 Å². The number of rotatable bonds is 5. The number of carboxylic acid groups (broad SMARTS) is 1. The third kappa shape index (κ3) is 3.32. The Kier molecular flexibility index (Phi) is 4.24. The molecule has 0 saturated carbocycles. The zero-order valence-corrected chi connectivity index (χ0v) is 8.44. The molecule has 0 spiro atoms. The zero-order chi connectivity index (χ0) is 11.3. The molecular weight excluding hydrogens is 199 g/mol. The molecule has 0 aromatic heterocycles. The molecular formula is C11H13FO3. The summed E-state index contributed by atoms with van der Waals surface area (Å²) < 4.78 is 17.7. The van der Waals surface area contributed by atoms with E-state index in [0.29, 0.717) is 18.6 Å². The van der Waals surface area contributed by atoms with Gasteiger partial charge in [0.25, 0.3) is 0 Å². The van der Waals surface area contributed by atoms with E-state index in [2.05, 4.69) is 0 Å². The van der Waals surface area contributed by atoms with E-state index in [-0.39, 0.29) is 0 Å². The second-order valence-corrected chi connectivity index (χ2v) is 3.23. The average Bonchev–Trinajstić information content (AvgIpc) is 2.18. The Labute approximate surface area is 87.5 Å². The summed E-state index contributed by atoms with van der Waals surface area (Å²) in [6.45, 7) is 0.341. The van der Waals surface area contributed by atoms with Crippen LogP contribution in [-0.4, -0.2) is 24.8 Å². The maximum absolute atomic E-state index is 12.9. The number of carbonyl (C=O) groups is 1. The molecule has 0 amide bonds. The fourth-order valence-electron chi connectivity index (χ4n) is 1.39. The van der Waals surface area contributed by atoms with Gasteiger partial charge in [-0.05, 0) is 24.1 Å². The number of halogens is 1. The molecule has 1 unspecified atom stereocenters. The first-order chi connectivity index (χ1) is 7.15. The molecule has 1 rings (SSSR count). The Morgan fingerprint density at radius 1 is 1.60 bits per heavy atom. The van der Waals surface area contributed by atoms with Crippen LogP contribution in [0.15, 0.2) is 24.3 Å². The van der Waals surface area contributed by atoms with Gasteiger partial charge in [0.15, 0.2) is 0 Å². The number of aliphatic carboxylic acids is 1. The van der Waals surface area contributed by atoms with E-state index in [1.54, 1.807) is 6.07 Å². The van der Waals surface area contributed by atoms with Crippen molar-refractivity contribution in [1.82, 2.24) is 0 Å². The molecule has 1 aromatic carbocycles. The monoisotopic (exact) mass is 212 g/mol. The maximum Gasteiger partial charge on any atom is 0.311 e. The molecule has 0 saturated heterocycles. The summed E-state index contributed by atoms with van der Waals surface area (Å²) in [4.78, 5) is 10.9. The summed E-state index contributed by atoms with van der Waals surface area (Å²) in [7, 11) is 1.50. The Bertz CT molecular complexity index is 338. The van der Waals surface area contributed by atoms with Gasteiger partial charge < -0.3 is 9.84 Å². The minimum atomic E-state index is -0.961. The van der Waals surface area contributed by atoms with Crippen LogP contribution in [0.1, 0.15) is 17.9 Å². The van der Waals surface area contributed by atoms with Crippen LogP contribution < -0.4 is 0 Å². The molecule has 1 atom stereocenters. The second kappa shape index (κ2) is 5.46. The van der Waals surface area contributed by atoms with Gasteiger partial charge in [-0.2, -0.15) is 0 Å². The van der Waals surface area contributed by atoms with Crippen LogP contribution in [-0.2, 0) is 9.53 Å². The van der Waals surface area contributed by atoms with Crippen molar-refractivity contribution in [1.29, 1.82) is 0 Å². The van der Waals surface area contributed by atoms with E-state index in [1.807, 2.05) is 0 Å². The van der Waals surface area contributed by atoms with E-state index in [0.717, 1.165) is 0 Å². The molecule has 0 aliphatic carbocycles. The predicted octanol–water partition coefficient (Wildman–Crippen LogP) is 2.03. The lowest BCUT2D eigenvalue weighted by atomic mass is 9.96. The first kappa shape index (κ1) is 11.7. The second-order valence-electron chi connectivity index (χ2n) is 3.23. The van der Waals surface area contributed by atoms with Crippen molar-refractivity contribution in [3.63, 3.8) is 0 Å². The molecule has 3 nitrogen and oxygen atoms in total. The summed E-state index contributed by atoms with van der Waals surface area (Å²) in [6.07, 6.45) is 0.343. The first-order valence-corrected chi connectivity index (χ1v) is 4.62. The van der Waals surface area contributed by atoms with Gasteiger partial charge in [0.2, 0.25) is 0 Å². The highest BCUT2D eigenvalue weighted by atomic mass is 19.1. The number of hydrogen-bond donors (Lipinski definition) is 1. The highest BCUT2D eigenvalue weighted by Gasteiger charge is 2.19. The number of ether oxygens (including phenoxy) is 1. The van der Waals surface area contributed by atoms with Crippen LogP contribution in [0, 0.1) is 5.82 Å². The third-order valence-electron chi connectivity index (χ3n) is 2.16. The van der Waals surface area contributed by atoms with Crippen LogP contribution >= 0.6 is 0 Å². The van der Waals surface area contributed by atoms with Crippen molar-refractivity contribution >= 4 is 5.97 Å². The summed E-state index contributed by atoms with van der Waals surface area (Å²) in [5.41, 5.74) is 0.472. The van der Waals surface area contributed by atoms with E-state index in [4.69, 9.17) is 9.84 Å². The Balaban J connectivity index is 2.84. The maximum atomic E-state index is 12.9. The molecule has 15 heavy (non-hydrogen) atoms. The van der Waals surface area contributed by atoms with Crippen LogP contribution in [0.4, 0.5) is 4.39 Å². The summed E-state index contributed by atoms with van der Waals surface area (Å²) in [6, 6.07) is 5.65. The molecule has 0 bridgehead atoms. The van der Waals surface area contributed by atoms with Crippen LogP contribution in [0.5, 0.6) is 0 Å². The van der Waals surface area contributed by atoms with Crippen LogP contribution in [0.25, 0.3) is 0 Å². The standard InChI is InChI=1S/C11H13FO3/c1-15-6-5-10(11(13)14)8-3-2-4-9(12)7-8/h2-4,7,10H,5-6H2,1H3,(H,13,14). The minimum absolute atomic E-state index is 0.341. The Morgan fingerprint density at radius 2 is 2.33 bits per heavy atom. The quantitative estimate of drug-likeness (QED) is 0.812. The van der Waals surface area contributed by atoms with Crippen molar-refractivity contribution in [2.24, 2.45) is 0 Å². The molecule has 0 radical (unpaired) electrons. The number of methoxy groups -OCH3 is 1. The van der Waals surface area contributed by atoms with Gasteiger partial charge in [0, 0.05) is 13.7 Å². The van der Waals surface area contributed by atoms with Gasteiger partial charge in [-0.15, -0.1) is 0 Å². The highest BCUT2D eigenvalue weighted by molar-refractivity contribution is 5.76. The molecule has 82 valence electrons. The van der Waals surface area contributed by atoms with E-state index in [9.17, 15) is 9.18 Å².